The summed E-state index contributed by atoms with van der Waals surface area (Å²) in [6, 6.07) is 13.6. The van der Waals surface area contributed by atoms with Gasteiger partial charge in [-0.3, -0.25) is 4.79 Å². The molecule has 1 heterocycles. The molecule has 1 amide bonds. The van der Waals surface area contributed by atoms with Crippen molar-refractivity contribution in [2.75, 3.05) is 7.05 Å². The van der Waals surface area contributed by atoms with Gasteiger partial charge < -0.3 is 4.90 Å². The fourth-order valence-electron chi connectivity index (χ4n) is 2.61. The highest BCUT2D eigenvalue weighted by Crippen LogP contribution is 2.30. The smallest absolute Gasteiger partial charge is 0.228 e. The summed E-state index contributed by atoms with van der Waals surface area (Å²) in [6.45, 7) is 1.92. The predicted octanol–water partition coefficient (Wildman–Crippen LogP) is 5.36. The summed E-state index contributed by atoms with van der Waals surface area (Å²) >= 11 is 7.68. The van der Waals surface area contributed by atoms with Gasteiger partial charge >= 0.3 is 0 Å². The number of nitrogens with zero attached hydrogens (tertiary/aromatic N) is 2. The highest BCUT2D eigenvalue weighted by molar-refractivity contribution is 7.13. The van der Waals surface area contributed by atoms with E-state index >= 15 is 0 Å². The van der Waals surface area contributed by atoms with Crippen LogP contribution < -0.4 is 0 Å². The fourth-order valence-corrected chi connectivity index (χ4v) is 3.75. The zero-order chi connectivity index (χ0) is 18.7. The first-order valence-electron chi connectivity index (χ1n) is 8.16. The summed E-state index contributed by atoms with van der Waals surface area (Å²) in [6.07, 6.45) is 0.211. The Labute approximate surface area is 161 Å². The Morgan fingerprint density at radius 3 is 2.62 bits per heavy atom. The van der Waals surface area contributed by atoms with Crippen LogP contribution in [0.4, 0.5) is 4.39 Å². The van der Waals surface area contributed by atoms with Crippen molar-refractivity contribution in [3.63, 3.8) is 0 Å². The average molecular weight is 389 g/mol. The van der Waals surface area contributed by atoms with Crippen molar-refractivity contribution >= 4 is 28.8 Å². The maximum Gasteiger partial charge on any atom is 0.228 e. The molecule has 0 fully saturated rings. The van der Waals surface area contributed by atoms with E-state index in [1.165, 1.54) is 23.5 Å². The molecule has 0 bridgehead atoms. The normalized spacial score (nSPS) is 12.0. The number of benzene rings is 2. The van der Waals surface area contributed by atoms with Crippen molar-refractivity contribution in [3.05, 3.63) is 76.0 Å². The fraction of sp³-hybridized carbons (Fsp3) is 0.200. The molecule has 26 heavy (non-hydrogen) atoms. The van der Waals surface area contributed by atoms with E-state index in [2.05, 4.69) is 4.98 Å². The van der Waals surface area contributed by atoms with Crippen molar-refractivity contribution in [2.24, 2.45) is 0 Å². The van der Waals surface area contributed by atoms with Crippen LogP contribution in [0, 0.1) is 5.82 Å². The highest BCUT2D eigenvalue weighted by Gasteiger charge is 2.19. The van der Waals surface area contributed by atoms with E-state index < -0.39 is 0 Å². The van der Waals surface area contributed by atoms with Gasteiger partial charge in [0, 0.05) is 18.0 Å². The molecule has 3 nitrogen and oxygen atoms in total. The van der Waals surface area contributed by atoms with Gasteiger partial charge in [0.25, 0.3) is 0 Å². The largest absolute Gasteiger partial charge is 0.339 e. The molecule has 0 aliphatic rings. The summed E-state index contributed by atoms with van der Waals surface area (Å²) in [7, 11) is 1.75. The van der Waals surface area contributed by atoms with Gasteiger partial charge in [-0.05, 0) is 30.7 Å². The number of carbonyl (C=O) groups excluding carboxylic acids is 1. The molecule has 1 unspecified atom stereocenters. The Bertz CT molecular complexity index is 910. The molecule has 3 rings (SSSR count). The molecule has 0 aliphatic carbocycles. The number of rotatable bonds is 5. The second kappa shape index (κ2) is 7.98. The lowest BCUT2D eigenvalue weighted by Gasteiger charge is -2.25. The third-order valence-electron chi connectivity index (χ3n) is 4.32. The molecule has 3 aromatic rings. The lowest BCUT2D eigenvalue weighted by atomic mass is 10.1. The monoisotopic (exact) mass is 388 g/mol. The van der Waals surface area contributed by atoms with Gasteiger partial charge in [-0.25, -0.2) is 9.37 Å². The Hall–Kier alpha value is -2.24. The van der Waals surface area contributed by atoms with E-state index in [1.54, 1.807) is 24.1 Å². The zero-order valence-corrected chi connectivity index (χ0v) is 16.0. The van der Waals surface area contributed by atoms with Gasteiger partial charge in [-0.2, -0.15) is 0 Å². The van der Waals surface area contributed by atoms with E-state index in [-0.39, 0.29) is 24.2 Å². The van der Waals surface area contributed by atoms with Crippen LogP contribution in [0.2, 0.25) is 5.02 Å². The summed E-state index contributed by atoms with van der Waals surface area (Å²) < 4.78 is 13.1. The second-order valence-electron chi connectivity index (χ2n) is 6.03. The number of halogens is 2. The summed E-state index contributed by atoms with van der Waals surface area (Å²) in [5.41, 5.74) is 2.47. The number of aromatic nitrogens is 1. The first-order valence-corrected chi connectivity index (χ1v) is 9.42. The minimum Gasteiger partial charge on any atom is -0.339 e. The van der Waals surface area contributed by atoms with Crippen molar-refractivity contribution in [1.82, 2.24) is 9.88 Å². The van der Waals surface area contributed by atoms with E-state index in [9.17, 15) is 9.18 Å². The molecule has 6 heteroatoms. The second-order valence-corrected chi connectivity index (χ2v) is 7.30. The van der Waals surface area contributed by atoms with E-state index in [0.29, 0.717) is 10.7 Å². The first kappa shape index (κ1) is 18.5. The SMILES string of the molecule is CC(c1ccc(F)cc1)N(C)C(=O)Cc1csc(-c2ccccc2Cl)n1. The van der Waals surface area contributed by atoms with Gasteiger partial charge in [0.1, 0.15) is 10.8 Å². The summed E-state index contributed by atoms with van der Waals surface area (Å²) in [4.78, 5) is 18.8. The molecule has 0 N–H and O–H groups in total. The van der Waals surface area contributed by atoms with E-state index in [4.69, 9.17) is 11.6 Å². The van der Waals surface area contributed by atoms with Crippen LogP contribution in [-0.2, 0) is 11.2 Å². The lowest BCUT2D eigenvalue weighted by molar-refractivity contribution is -0.131. The Morgan fingerprint density at radius 1 is 1.23 bits per heavy atom. The van der Waals surface area contributed by atoms with Crippen LogP contribution in [0.5, 0.6) is 0 Å². The molecular weight excluding hydrogens is 371 g/mol. The van der Waals surface area contributed by atoms with Crippen LogP contribution in [0.3, 0.4) is 0 Å². The molecule has 1 atom stereocenters. The number of thiazole rings is 1. The van der Waals surface area contributed by atoms with Crippen LogP contribution in [0.15, 0.2) is 53.9 Å². The third kappa shape index (κ3) is 4.11. The van der Waals surface area contributed by atoms with Crippen molar-refractivity contribution in [3.8, 4) is 10.6 Å². The molecule has 0 saturated carbocycles. The van der Waals surface area contributed by atoms with E-state index in [1.807, 2.05) is 36.6 Å². The molecule has 0 radical (unpaired) electrons. The maximum atomic E-state index is 13.1. The predicted molar refractivity (Wildman–Crippen MR) is 104 cm³/mol. The molecule has 1 aromatic heterocycles. The van der Waals surface area contributed by atoms with Gasteiger partial charge in [0.2, 0.25) is 5.91 Å². The van der Waals surface area contributed by atoms with Crippen LogP contribution in [0.25, 0.3) is 10.6 Å². The Kier molecular flexibility index (Phi) is 5.69. The number of likely N-dealkylation sites (N-methyl/N-ethyl adjacent to an activating group) is 1. The number of carbonyl (C=O) groups is 1. The minimum absolute atomic E-state index is 0.0437. The number of hydrogen-bond acceptors (Lipinski definition) is 3. The number of amides is 1. The molecule has 0 saturated heterocycles. The maximum absolute atomic E-state index is 13.1. The molecule has 2 aromatic carbocycles. The van der Waals surface area contributed by atoms with Gasteiger partial charge in [-0.15, -0.1) is 11.3 Å². The molecule has 134 valence electrons. The molecule has 0 spiro atoms. The average Bonchev–Trinajstić information content (AvgIpc) is 3.09. The lowest BCUT2D eigenvalue weighted by Crippen LogP contribution is -2.31. The Morgan fingerprint density at radius 2 is 1.92 bits per heavy atom. The summed E-state index contributed by atoms with van der Waals surface area (Å²) in [5, 5.41) is 3.32. The van der Waals surface area contributed by atoms with Crippen LogP contribution in [-0.4, -0.2) is 22.8 Å². The van der Waals surface area contributed by atoms with Gasteiger partial charge in [0.15, 0.2) is 0 Å². The minimum atomic E-state index is -0.287. The molecule has 0 aliphatic heterocycles. The highest BCUT2D eigenvalue weighted by atomic mass is 35.5. The number of hydrogen-bond donors (Lipinski definition) is 0. The third-order valence-corrected chi connectivity index (χ3v) is 5.57. The molecular formula is C20H18ClFN2OS. The Balaban J connectivity index is 1.70. The van der Waals surface area contributed by atoms with E-state index in [0.717, 1.165) is 16.1 Å². The van der Waals surface area contributed by atoms with Crippen molar-refractivity contribution in [1.29, 1.82) is 0 Å². The first-order chi connectivity index (χ1) is 12.5. The quantitative estimate of drug-likeness (QED) is 0.589. The van der Waals surface area contributed by atoms with Gasteiger partial charge in [-0.1, -0.05) is 41.9 Å². The van der Waals surface area contributed by atoms with Crippen molar-refractivity contribution in [2.45, 2.75) is 19.4 Å². The zero-order valence-electron chi connectivity index (χ0n) is 14.4. The topological polar surface area (TPSA) is 33.2 Å². The standard InChI is InChI=1S/C20H18ClFN2OS/c1-13(14-7-9-15(22)10-8-14)24(2)19(25)11-16-12-26-20(23-16)17-5-3-4-6-18(17)21/h3-10,12-13H,11H2,1-2H3. The summed E-state index contributed by atoms with van der Waals surface area (Å²) in [5.74, 6) is -0.331. The van der Waals surface area contributed by atoms with Crippen molar-refractivity contribution < 1.29 is 9.18 Å². The van der Waals surface area contributed by atoms with Gasteiger partial charge in [0.05, 0.1) is 23.2 Å². The van der Waals surface area contributed by atoms with Crippen LogP contribution in [0.1, 0.15) is 24.2 Å². The van der Waals surface area contributed by atoms with Crippen LogP contribution >= 0.6 is 22.9 Å².